The topological polar surface area (TPSA) is 0 Å². The van der Waals surface area contributed by atoms with Crippen LogP contribution in [-0.4, -0.2) is 6.15 Å². The van der Waals surface area contributed by atoms with Crippen LogP contribution in [0.4, 0.5) is 0 Å². The molecule has 0 aromatic carbocycles. The second kappa shape index (κ2) is 19.5. The molecule has 0 amide bonds. The molecule has 0 aliphatic heterocycles. The van der Waals surface area contributed by atoms with Gasteiger partial charge in [-0.25, -0.2) is 0 Å². The fraction of sp³-hybridized carbons (Fsp3) is 0.857. The minimum absolute atomic E-state index is 0.324. The zero-order chi connectivity index (χ0) is 21.8. The van der Waals surface area contributed by atoms with Gasteiger partial charge in [0.15, 0.2) is 0 Å². The molecule has 0 nitrogen and oxygen atoms in total. The molecule has 0 saturated carbocycles. The van der Waals surface area contributed by atoms with E-state index in [0.717, 1.165) is 0 Å². The first kappa shape index (κ1) is 27.8. The molecule has 0 radical (unpaired) electrons. The van der Waals surface area contributed by atoms with Crippen LogP contribution in [0, 0.1) is 0 Å². The van der Waals surface area contributed by atoms with E-state index in [4.69, 9.17) is 0 Å². The van der Waals surface area contributed by atoms with E-state index in [2.05, 4.69) is 49.6 Å². The lowest BCUT2D eigenvalue weighted by Crippen LogP contribution is -2.45. The summed E-state index contributed by atoms with van der Waals surface area (Å²) in [7, 11) is 0. The first-order chi connectivity index (χ1) is 14.8. The first-order valence-corrected chi connectivity index (χ1v) is 14.9. The lowest BCUT2D eigenvalue weighted by atomic mass is 9.18. The van der Waals surface area contributed by atoms with Crippen LogP contribution in [0.2, 0.25) is 19.0 Å². The highest BCUT2D eigenvalue weighted by Crippen LogP contribution is 2.31. The van der Waals surface area contributed by atoms with Crippen LogP contribution >= 0.6 is 11.3 Å². The Morgan fingerprint density at radius 2 is 0.900 bits per heavy atom. The summed E-state index contributed by atoms with van der Waals surface area (Å²) in [6.07, 6.45) is 30.0. The minimum Gasteiger partial charge on any atom is -0.192 e. The second-order valence-electron chi connectivity index (χ2n) is 10.2. The van der Waals surface area contributed by atoms with E-state index in [9.17, 15) is 0 Å². The van der Waals surface area contributed by atoms with Gasteiger partial charge in [0.1, 0.15) is 0 Å². The van der Waals surface area contributed by atoms with Crippen LogP contribution in [0.1, 0.15) is 136 Å². The molecule has 2 heteroatoms. The molecule has 0 aliphatic carbocycles. The van der Waals surface area contributed by atoms with Gasteiger partial charge in [-0.2, -0.15) is 35.1 Å². The third kappa shape index (κ3) is 12.6. The van der Waals surface area contributed by atoms with E-state index in [1.54, 1.807) is 4.78 Å². The maximum atomic E-state index is 2.50. The van der Waals surface area contributed by atoms with E-state index < -0.39 is 0 Å². The Morgan fingerprint density at radius 1 is 0.533 bits per heavy atom. The summed E-state index contributed by atoms with van der Waals surface area (Å²) in [4.78, 5) is 0. The first-order valence-electron chi connectivity index (χ1n) is 14.0. The van der Waals surface area contributed by atoms with E-state index in [0.29, 0.717) is 0 Å². The summed E-state index contributed by atoms with van der Waals surface area (Å²) in [5.74, 6) is 0. The number of unbranched alkanes of at least 4 members (excludes halogenated alkanes) is 15. The molecule has 0 bridgehead atoms. The van der Waals surface area contributed by atoms with Crippen LogP contribution in [0.5, 0.6) is 0 Å². The van der Waals surface area contributed by atoms with Crippen molar-refractivity contribution in [2.75, 3.05) is 0 Å². The quantitative estimate of drug-likeness (QED) is 0.126. The Kier molecular flexibility index (Phi) is 18.0. The van der Waals surface area contributed by atoms with Crippen molar-refractivity contribution < 1.29 is 0 Å². The average Bonchev–Trinajstić information content (AvgIpc) is 3.30. The van der Waals surface area contributed by atoms with E-state index in [-0.39, 0.29) is 6.15 Å². The highest BCUT2D eigenvalue weighted by Gasteiger charge is 2.26. The Bertz CT molecular complexity index is 412. The SMILES string of the molecule is CCCCCCCC[B-](CCCCCCCC)(CCCCCCCC)c1cccs1. The lowest BCUT2D eigenvalue weighted by Gasteiger charge is -2.40. The number of hydrogen-bond acceptors (Lipinski definition) is 1. The van der Waals surface area contributed by atoms with Crippen molar-refractivity contribution in [3.63, 3.8) is 0 Å². The van der Waals surface area contributed by atoms with Crippen LogP contribution in [0.25, 0.3) is 0 Å². The molecule has 0 fully saturated rings. The van der Waals surface area contributed by atoms with Gasteiger partial charge in [-0.05, 0) is 5.38 Å². The van der Waals surface area contributed by atoms with Gasteiger partial charge in [-0.1, -0.05) is 148 Å². The van der Waals surface area contributed by atoms with Crippen LogP contribution in [0.3, 0.4) is 0 Å². The fourth-order valence-electron chi connectivity index (χ4n) is 5.45. The number of hydrogen-bond donors (Lipinski definition) is 0. The summed E-state index contributed by atoms with van der Waals surface area (Å²) in [5.41, 5.74) is 0. The Morgan fingerprint density at radius 3 is 1.23 bits per heavy atom. The van der Waals surface area contributed by atoms with E-state index in [1.165, 1.54) is 135 Å². The number of rotatable bonds is 22. The van der Waals surface area contributed by atoms with Crippen molar-refractivity contribution in [1.82, 2.24) is 0 Å². The van der Waals surface area contributed by atoms with Crippen LogP contribution in [0.15, 0.2) is 17.5 Å². The molecular formula is C28H54BS-. The highest BCUT2D eigenvalue weighted by atomic mass is 32.1. The van der Waals surface area contributed by atoms with Crippen molar-refractivity contribution in [3.05, 3.63) is 17.5 Å². The largest absolute Gasteiger partial charge is 0.192 e. The Hall–Kier alpha value is -0.235. The summed E-state index contributed by atoms with van der Waals surface area (Å²) in [6, 6.07) is 4.82. The molecule has 1 rings (SSSR count). The smallest absolute Gasteiger partial charge is 0.0394 e. The molecule has 0 aliphatic rings. The van der Waals surface area contributed by atoms with Gasteiger partial charge in [-0.3, -0.25) is 0 Å². The zero-order valence-corrected chi connectivity index (χ0v) is 21.9. The summed E-state index contributed by atoms with van der Waals surface area (Å²) in [6.45, 7) is 6.98. The maximum absolute atomic E-state index is 2.50. The second-order valence-corrected chi connectivity index (χ2v) is 11.1. The van der Waals surface area contributed by atoms with Gasteiger partial charge in [0.05, 0.1) is 0 Å². The third-order valence-electron chi connectivity index (χ3n) is 7.48. The molecule has 0 saturated heterocycles. The van der Waals surface area contributed by atoms with E-state index >= 15 is 0 Å². The third-order valence-corrected chi connectivity index (χ3v) is 8.68. The fourth-order valence-corrected chi connectivity index (χ4v) is 6.56. The van der Waals surface area contributed by atoms with Gasteiger partial charge >= 0.3 is 0 Å². The summed E-state index contributed by atoms with van der Waals surface area (Å²) < 4.78 is 1.77. The molecule has 1 aromatic heterocycles. The molecule has 30 heavy (non-hydrogen) atoms. The molecular weight excluding hydrogens is 379 g/mol. The number of thiophene rings is 1. The van der Waals surface area contributed by atoms with Crippen LogP contribution in [-0.2, 0) is 0 Å². The van der Waals surface area contributed by atoms with Crippen molar-refractivity contribution in [3.8, 4) is 0 Å². The highest BCUT2D eigenvalue weighted by molar-refractivity contribution is 7.25. The van der Waals surface area contributed by atoms with E-state index in [1.807, 2.05) is 0 Å². The van der Waals surface area contributed by atoms with Gasteiger partial charge in [-0.15, -0.1) is 0 Å². The molecule has 176 valence electrons. The van der Waals surface area contributed by atoms with Gasteiger partial charge in [0, 0.05) is 6.15 Å². The molecule has 0 spiro atoms. The predicted molar refractivity (Wildman–Crippen MR) is 144 cm³/mol. The Balaban J connectivity index is 2.62. The molecule has 0 unspecified atom stereocenters. The van der Waals surface area contributed by atoms with Gasteiger partial charge < -0.3 is 0 Å². The maximum Gasteiger partial charge on any atom is 0.0394 e. The molecule has 1 aromatic rings. The molecule has 0 atom stereocenters. The lowest BCUT2D eigenvalue weighted by molar-refractivity contribution is 0.608. The predicted octanol–water partition coefficient (Wildman–Crippen LogP) is 10.5. The van der Waals surface area contributed by atoms with Crippen molar-refractivity contribution in [2.45, 2.75) is 155 Å². The minimum atomic E-state index is -0.324. The standard InChI is InChI=1S/C28H54BS/c1-4-7-10-13-16-19-24-29(28-23-22-27-30-28,25-20-17-14-11-8-5-2)26-21-18-15-12-9-6-3/h22-23,27H,4-21,24-26H2,1-3H3/q-1. The van der Waals surface area contributed by atoms with Crippen molar-refractivity contribution in [2.24, 2.45) is 0 Å². The van der Waals surface area contributed by atoms with Crippen molar-refractivity contribution in [1.29, 1.82) is 0 Å². The molecule has 0 N–H and O–H groups in total. The van der Waals surface area contributed by atoms with Crippen molar-refractivity contribution >= 4 is 22.3 Å². The molecule has 1 heterocycles. The average molecular weight is 434 g/mol. The van der Waals surface area contributed by atoms with Gasteiger partial charge in [0.2, 0.25) is 0 Å². The normalized spacial score (nSPS) is 12.0. The van der Waals surface area contributed by atoms with Crippen LogP contribution < -0.4 is 4.78 Å². The monoisotopic (exact) mass is 433 g/mol. The summed E-state index contributed by atoms with van der Waals surface area (Å²) in [5, 5.41) is 2.34. The van der Waals surface area contributed by atoms with Gasteiger partial charge in [0.25, 0.3) is 0 Å². The zero-order valence-electron chi connectivity index (χ0n) is 21.1. The Labute approximate surface area is 194 Å². The summed E-state index contributed by atoms with van der Waals surface area (Å²) >= 11 is 2.07.